The van der Waals surface area contributed by atoms with Gasteiger partial charge in [0, 0.05) is 17.8 Å². The highest BCUT2D eigenvalue weighted by molar-refractivity contribution is 5.94. The summed E-state index contributed by atoms with van der Waals surface area (Å²) in [7, 11) is 0. The lowest BCUT2D eigenvalue weighted by Gasteiger charge is -2.11. The van der Waals surface area contributed by atoms with E-state index in [1.165, 1.54) is 24.3 Å². The number of nitro benzene ring substituents is 1. The summed E-state index contributed by atoms with van der Waals surface area (Å²) in [5, 5.41) is 13.0. The Kier molecular flexibility index (Phi) is 5.22. The molecule has 98 valence electrons. The molecule has 0 aliphatic rings. The number of nitro groups is 1. The maximum atomic E-state index is 11.6. The van der Waals surface area contributed by atoms with Gasteiger partial charge in [-0.1, -0.05) is 0 Å². The molecule has 1 atom stereocenters. The van der Waals surface area contributed by atoms with E-state index in [9.17, 15) is 14.9 Å². The average Bonchev–Trinajstić information content (AvgIpc) is 2.36. The van der Waals surface area contributed by atoms with Gasteiger partial charge in [0.1, 0.15) is 0 Å². The molecule has 1 rings (SSSR count). The summed E-state index contributed by atoms with van der Waals surface area (Å²) >= 11 is 0. The third-order valence-electron chi connectivity index (χ3n) is 2.40. The van der Waals surface area contributed by atoms with E-state index >= 15 is 0 Å². The Morgan fingerprint density at radius 2 is 2.00 bits per heavy atom. The molecule has 5 N–H and O–H groups in total. The highest BCUT2D eigenvalue weighted by Gasteiger charge is 2.13. The lowest BCUT2D eigenvalue weighted by molar-refractivity contribution is -0.384. The summed E-state index contributed by atoms with van der Waals surface area (Å²) in [5.74, 6) is -0.322. The third-order valence-corrected chi connectivity index (χ3v) is 2.40. The Morgan fingerprint density at radius 1 is 1.39 bits per heavy atom. The number of non-ortho nitro benzene ring substituents is 1. The smallest absolute Gasteiger partial charge is 0.269 e. The zero-order valence-corrected chi connectivity index (χ0v) is 9.83. The van der Waals surface area contributed by atoms with Crippen LogP contribution in [0.1, 0.15) is 12.8 Å². The van der Waals surface area contributed by atoms with Gasteiger partial charge in [0.25, 0.3) is 5.69 Å². The molecule has 1 aromatic carbocycles. The zero-order chi connectivity index (χ0) is 13.5. The molecule has 0 radical (unpaired) electrons. The Hall–Kier alpha value is -1.99. The molecule has 1 aromatic rings. The minimum absolute atomic E-state index is 0.0274. The van der Waals surface area contributed by atoms with Crippen molar-refractivity contribution in [3.8, 4) is 0 Å². The van der Waals surface area contributed by atoms with Crippen molar-refractivity contribution < 1.29 is 9.72 Å². The quantitative estimate of drug-likeness (QED) is 0.505. The van der Waals surface area contributed by atoms with E-state index in [2.05, 4.69) is 5.32 Å². The minimum Gasteiger partial charge on any atom is -0.330 e. The van der Waals surface area contributed by atoms with Gasteiger partial charge in [-0.05, 0) is 31.5 Å². The summed E-state index contributed by atoms with van der Waals surface area (Å²) in [6.45, 7) is 0.485. The first-order chi connectivity index (χ1) is 8.54. The number of hydrogen-bond donors (Lipinski definition) is 3. The van der Waals surface area contributed by atoms with E-state index in [1.807, 2.05) is 0 Å². The summed E-state index contributed by atoms with van der Waals surface area (Å²) in [6, 6.07) is 4.95. The SMILES string of the molecule is NCCC[C@H](N)C(=O)Nc1ccc([N+](=O)[O-])cc1. The van der Waals surface area contributed by atoms with Crippen LogP contribution in [0.25, 0.3) is 0 Å². The van der Waals surface area contributed by atoms with Crippen molar-refractivity contribution in [3.63, 3.8) is 0 Å². The summed E-state index contributed by atoms with van der Waals surface area (Å²) in [4.78, 5) is 21.6. The number of nitrogens with one attached hydrogen (secondary N) is 1. The van der Waals surface area contributed by atoms with E-state index in [4.69, 9.17) is 11.5 Å². The normalized spacial score (nSPS) is 11.9. The summed E-state index contributed by atoms with van der Waals surface area (Å²) < 4.78 is 0. The fourth-order valence-corrected chi connectivity index (χ4v) is 1.37. The number of anilines is 1. The Bertz CT molecular complexity index is 419. The highest BCUT2D eigenvalue weighted by Crippen LogP contribution is 2.15. The molecule has 1 amide bonds. The van der Waals surface area contributed by atoms with Crippen molar-refractivity contribution in [3.05, 3.63) is 34.4 Å². The van der Waals surface area contributed by atoms with Gasteiger partial charge in [0.15, 0.2) is 0 Å². The van der Waals surface area contributed by atoms with Crippen molar-refractivity contribution in [2.45, 2.75) is 18.9 Å². The fraction of sp³-hybridized carbons (Fsp3) is 0.364. The number of rotatable bonds is 6. The van der Waals surface area contributed by atoms with Crippen LogP contribution in [0.15, 0.2) is 24.3 Å². The number of nitrogens with two attached hydrogens (primary N) is 2. The zero-order valence-electron chi connectivity index (χ0n) is 9.83. The van der Waals surface area contributed by atoms with Crippen LogP contribution in [0.4, 0.5) is 11.4 Å². The number of amides is 1. The van der Waals surface area contributed by atoms with Crippen LogP contribution in [0.5, 0.6) is 0 Å². The molecular formula is C11H16N4O3. The van der Waals surface area contributed by atoms with Crippen molar-refractivity contribution >= 4 is 17.3 Å². The molecule has 0 heterocycles. The van der Waals surface area contributed by atoms with E-state index in [0.29, 0.717) is 25.1 Å². The predicted octanol–water partition coefficient (Wildman–Crippen LogP) is 0.600. The van der Waals surface area contributed by atoms with Gasteiger partial charge in [-0.2, -0.15) is 0 Å². The van der Waals surface area contributed by atoms with E-state index in [0.717, 1.165) is 0 Å². The van der Waals surface area contributed by atoms with Crippen LogP contribution < -0.4 is 16.8 Å². The van der Waals surface area contributed by atoms with Gasteiger partial charge < -0.3 is 16.8 Å². The molecule has 0 aliphatic heterocycles. The molecule has 7 nitrogen and oxygen atoms in total. The number of nitrogens with zero attached hydrogens (tertiary/aromatic N) is 1. The highest BCUT2D eigenvalue weighted by atomic mass is 16.6. The second-order valence-electron chi connectivity index (χ2n) is 3.83. The van der Waals surface area contributed by atoms with Crippen LogP contribution in [0, 0.1) is 10.1 Å². The van der Waals surface area contributed by atoms with E-state index in [1.54, 1.807) is 0 Å². The third kappa shape index (κ3) is 4.11. The van der Waals surface area contributed by atoms with Crippen LogP contribution >= 0.6 is 0 Å². The van der Waals surface area contributed by atoms with Gasteiger partial charge in [0.05, 0.1) is 11.0 Å². The van der Waals surface area contributed by atoms with Gasteiger partial charge in [-0.15, -0.1) is 0 Å². The first kappa shape index (κ1) is 14.1. The van der Waals surface area contributed by atoms with Gasteiger partial charge in [0.2, 0.25) is 5.91 Å². The summed E-state index contributed by atoms with van der Waals surface area (Å²) in [5.41, 5.74) is 11.4. The van der Waals surface area contributed by atoms with Crippen molar-refractivity contribution in [2.75, 3.05) is 11.9 Å². The van der Waals surface area contributed by atoms with Gasteiger partial charge >= 0.3 is 0 Å². The molecule has 18 heavy (non-hydrogen) atoms. The lowest BCUT2D eigenvalue weighted by Crippen LogP contribution is -2.35. The Morgan fingerprint density at radius 3 is 2.50 bits per heavy atom. The van der Waals surface area contributed by atoms with Crippen molar-refractivity contribution in [1.82, 2.24) is 0 Å². The minimum atomic E-state index is -0.622. The fourth-order valence-electron chi connectivity index (χ4n) is 1.37. The second-order valence-corrected chi connectivity index (χ2v) is 3.83. The average molecular weight is 252 g/mol. The number of benzene rings is 1. The van der Waals surface area contributed by atoms with E-state index in [-0.39, 0.29) is 11.6 Å². The Balaban J connectivity index is 2.56. The maximum Gasteiger partial charge on any atom is 0.269 e. The molecular weight excluding hydrogens is 236 g/mol. The largest absolute Gasteiger partial charge is 0.330 e. The van der Waals surface area contributed by atoms with E-state index < -0.39 is 11.0 Å². The molecule has 0 aromatic heterocycles. The van der Waals surface area contributed by atoms with Crippen LogP contribution in [0.3, 0.4) is 0 Å². The first-order valence-corrected chi connectivity index (χ1v) is 5.55. The predicted molar refractivity (Wildman–Crippen MR) is 68.0 cm³/mol. The number of carbonyl (C=O) groups excluding carboxylic acids is 1. The van der Waals surface area contributed by atoms with Gasteiger partial charge in [-0.3, -0.25) is 14.9 Å². The van der Waals surface area contributed by atoms with Gasteiger partial charge in [-0.25, -0.2) is 0 Å². The second kappa shape index (κ2) is 6.67. The van der Waals surface area contributed by atoms with Crippen molar-refractivity contribution in [2.24, 2.45) is 11.5 Å². The molecule has 0 bridgehead atoms. The topological polar surface area (TPSA) is 124 Å². The first-order valence-electron chi connectivity index (χ1n) is 5.55. The van der Waals surface area contributed by atoms with Crippen LogP contribution in [0.2, 0.25) is 0 Å². The molecule has 0 saturated carbocycles. The van der Waals surface area contributed by atoms with Crippen molar-refractivity contribution in [1.29, 1.82) is 0 Å². The molecule has 0 unspecified atom stereocenters. The maximum absolute atomic E-state index is 11.6. The summed E-state index contributed by atoms with van der Waals surface area (Å²) in [6.07, 6.45) is 1.18. The molecule has 0 spiro atoms. The molecule has 0 fully saturated rings. The number of hydrogen-bond acceptors (Lipinski definition) is 5. The molecule has 0 aliphatic carbocycles. The lowest BCUT2D eigenvalue weighted by atomic mass is 10.1. The Labute approximate surface area is 104 Å². The standard InChI is InChI=1S/C11H16N4O3/c12-7-1-2-10(13)11(16)14-8-3-5-9(6-4-8)15(17)18/h3-6,10H,1-2,7,12-13H2,(H,14,16)/t10-/m0/s1. The molecule has 0 saturated heterocycles. The molecule has 7 heteroatoms. The van der Waals surface area contributed by atoms with Crippen LogP contribution in [-0.4, -0.2) is 23.4 Å². The monoisotopic (exact) mass is 252 g/mol. The van der Waals surface area contributed by atoms with Crippen LogP contribution in [-0.2, 0) is 4.79 Å². The number of carbonyl (C=O) groups is 1.